The first-order chi connectivity index (χ1) is 14.0. The summed E-state index contributed by atoms with van der Waals surface area (Å²) in [6.45, 7) is 8.42. The maximum Gasteiger partial charge on any atom is 0.191 e. The highest BCUT2D eigenvalue weighted by atomic mass is 127. The lowest BCUT2D eigenvalue weighted by molar-refractivity contribution is 0.392. The smallest absolute Gasteiger partial charge is 0.191 e. The fourth-order valence-electron chi connectivity index (χ4n) is 3.69. The standard InChI is InChI=1S/C21H29F2N5O.HI/c1-4-24-21(25-11-6-7-17-14(2)27-29-15(17)3)26-16-10-12-28(13-16)20-18(22)8-5-9-19(20)23;/h5,8-9,16H,4,6-7,10-13H2,1-3H3,(H2,24,25,26);1H. The van der Waals surface area contributed by atoms with Gasteiger partial charge in [0.2, 0.25) is 0 Å². The molecule has 0 radical (unpaired) electrons. The van der Waals surface area contributed by atoms with Gasteiger partial charge in [0.15, 0.2) is 5.96 Å². The molecule has 2 aromatic rings. The van der Waals surface area contributed by atoms with Gasteiger partial charge >= 0.3 is 0 Å². The van der Waals surface area contributed by atoms with Gasteiger partial charge in [0.25, 0.3) is 0 Å². The Balaban J connectivity index is 0.00000320. The predicted octanol–water partition coefficient (Wildman–Crippen LogP) is 3.95. The van der Waals surface area contributed by atoms with Gasteiger partial charge in [-0.05, 0) is 52.2 Å². The SMILES string of the molecule is CCNC(=NCCCc1c(C)noc1C)NC1CCN(c2c(F)cccc2F)C1.I. The summed E-state index contributed by atoms with van der Waals surface area (Å²) in [5.74, 6) is 0.547. The molecule has 1 aromatic carbocycles. The van der Waals surface area contributed by atoms with Gasteiger partial charge in [-0.2, -0.15) is 0 Å². The zero-order chi connectivity index (χ0) is 20.8. The van der Waals surface area contributed by atoms with E-state index in [0.717, 1.165) is 48.8 Å². The van der Waals surface area contributed by atoms with Gasteiger partial charge in [0.05, 0.1) is 5.69 Å². The number of hydrogen-bond acceptors (Lipinski definition) is 4. The number of benzene rings is 1. The molecule has 6 nitrogen and oxygen atoms in total. The number of aryl methyl sites for hydroxylation is 2. The van der Waals surface area contributed by atoms with Crippen molar-refractivity contribution in [1.82, 2.24) is 15.8 Å². The van der Waals surface area contributed by atoms with E-state index >= 15 is 0 Å². The van der Waals surface area contributed by atoms with Crippen LogP contribution >= 0.6 is 24.0 Å². The van der Waals surface area contributed by atoms with Crippen LogP contribution in [0.3, 0.4) is 0 Å². The number of hydrogen-bond donors (Lipinski definition) is 2. The van der Waals surface area contributed by atoms with Crippen LogP contribution in [-0.2, 0) is 6.42 Å². The summed E-state index contributed by atoms with van der Waals surface area (Å²) in [7, 11) is 0. The van der Waals surface area contributed by atoms with E-state index in [-0.39, 0.29) is 35.7 Å². The van der Waals surface area contributed by atoms with Crippen LogP contribution in [0.4, 0.5) is 14.5 Å². The lowest BCUT2D eigenvalue weighted by atomic mass is 10.1. The minimum absolute atomic E-state index is 0. The normalized spacial score (nSPS) is 16.5. The largest absolute Gasteiger partial charge is 0.365 e. The zero-order valence-electron chi connectivity index (χ0n) is 17.7. The minimum Gasteiger partial charge on any atom is -0.365 e. The summed E-state index contributed by atoms with van der Waals surface area (Å²) in [6, 6.07) is 4.06. The Morgan fingerprint density at radius 1 is 1.30 bits per heavy atom. The van der Waals surface area contributed by atoms with Crippen LogP contribution in [0.5, 0.6) is 0 Å². The molecular weight excluding hydrogens is 503 g/mol. The number of guanidine groups is 1. The number of rotatable bonds is 7. The van der Waals surface area contributed by atoms with Crippen LogP contribution in [0.15, 0.2) is 27.7 Å². The molecule has 166 valence electrons. The van der Waals surface area contributed by atoms with E-state index in [1.165, 1.54) is 18.2 Å². The van der Waals surface area contributed by atoms with Crippen molar-refractivity contribution in [2.24, 2.45) is 4.99 Å². The van der Waals surface area contributed by atoms with Gasteiger partial charge in [0.1, 0.15) is 23.1 Å². The second-order valence-electron chi connectivity index (χ2n) is 7.31. The second kappa shape index (κ2) is 11.5. The van der Waals surface area contributed by atoms with Crippen LogP contribution < -0.4 is 15.5 Å². The van der Waals surface area contributed by atoms with Crippen molar-refractivity contribution in [3.8, 4) is 0 Å². The third kappa shape index (κ3) is 6.05. The number of nitrogens with zero attached hydrogens (tertiary/aromatic N) is 3. The average molecular weight is 533 g/mol. The van der Waals surface area contributed by atoms with E-state index in [2.05, 4.69) is 20.8 Å². The summed E-state index contributed by atoms with van der Waals surface area (Å²) < 4.78 is 33.3. The highest BCUT2D eigenvalue weighted by Crippen LogP contribution is 2.26. The van der Waals surface area contributed by atoms with Gasteiger partial charge in [-0.3, -0.25) is 4.99 Å². The first kappa shape index (κ1) is 24.4. The Kier molecular flexibility index (Phi) is 9.32. The molecule has 0 aliphatic carbocycles. The predicted molar refractivity (Wildman–Crippen MR) is 126 cm³/mol. The van der Waals surface area contributed by atoms with Crippen LogP contribution in [0.25, 0.3) is 0 Å². The second-order valence-corrected chi connectivity index (χ2v) is 7.31. The van der Waals surface area contributed by atoms with Crippen molar-refractivity contribution in [3.05, 3.63) is 46.9 Å². The Labute approximate surface area is 193 Å². The molecule has 1 saturated heterocycles. The maximum atomic E-state index is 14.0. The molecule has 0 bridgehead atoms. The number of para-hydroxylation sites is 1. The molecule has 3 rings (SSSR count). The molecular formula is C21H30F2IN5O. The first-order valence-electron chi connectivity index (χ1n) is 10.1. The molecule has 9 heteroatoms. The van der Waals surface area contributed by atoms with E-state index in [9.17, 15) is 8.78 Å². The van der Waals surface area contributed by atoms with E-state index in [0.29, 0.717) is 19.6 Å². The topological polar surface area (TPSA) is 65.7 Å². The molecule has 1 unspecified atom stereocenters. The van der Waals surface area contributed by atoms with Crippen LogP contribution in [0, 0.1) is 25.5 Å². The molecule has 2 N–H and O–H groups in total. The minimum atomic E-state index is -0.523. The molecule has 1 fully saturated rings. The van der Waals surface area contributed by atoms with Gasteiger partial charge in [0, 0.05) is 37.8 Å². The number of nitrogens with one attached hydrogen (secondary N) is 2. The summed E-state index contributed by atoms with van der Waals surface area (Å²) in [6.07, 6.45) is 2.54. The van der Waals surface area contributed by atoms with E-state index in [1.807, 2.05) is 20.8 Å². The molecule has 30 heavy (non-hydrogen) atoms. The van der Waals surface area contributed by atoms with Crippen molar-refractivity contribution in [1.29, 1.82) is 0 Å². The summed E-state index contributed by atoms with van der Waals surface area (Å²) >= 11 is 0. The van der Waals surface area contributed by atoms with Gasteiger partial charge < -0.3 is 20.1 Å². The summed E-state index contributed by atoms with van der Waals surface area (Å²) in [5, 5.41) is 10.6. The Bertz CT molecular complexity index is 818. The molecule has 2 heterocycles. The average Bonchev–Trinajstić information content (AvgIpc) is 3.26. The lowest BCUT2D eigenvalue weighted by Crippen LogP contribution is -2.44. The zero-order valence-corrected chi connectivity index (χ0v) is 20.0. The fraction of sp³-hybridized carbons (Fsp3) is 0.524. The Morgan fingerprint density at radius 3 is 2.67 bits per heavy atom. The highest BCUT2D eigenvalue weighted by molar-refractivity contribution is 14.0. The Morgan fingerprint density at radius 2 is 2.03 bits per heavy atom. The fourth-order valence-corrected chi connectivity index (χ4v) is 3.69. The molecule has 1 aliphatic heterocycles. The molecule has 0 amide bonds. The Hall–Kier alpha value is -1.91. The molecule has 0 saturated carbocycles. The van der Waals surface area contributed by atoms with Crippen LogP contribution in [-0.4, -0.2) is 43.3 Å². The molecule has 1 atom stereocenters. The number of anilines is 1. The van der Waals surface area contributed by atoms with E-state index in [1.54, 1.807) is 4.90 Å². The van der Waals surface area contributed by atoms with Crippen LogP contribution in [0.1, 0.15) is 36.8 Å². The summed E-state index contributed by atoms with van der Waals surface area (Å²) in [5.41, 5.74) is 2.14. The molecule has 0 spiro atoms. The number of aliphatic imine (C=N–C) groups is 1. The first-order valence-corrected chi connectivity index (χ1v) is 10.1. The monoisotopic (exact) mass is 533 g/mol. The van der Waals surface area contributed by atoms with E-state index < -0.39 is 11.6 Å². The number of aromatic nitrogens is 1. The number of halogens is 3. The molecule has 1 aromatic heterocycles. The van der Waals surface area contributed by atoms with Crippen molar-refractivity contribution < 1.29 is 13.3 Å². The van der Waals surface area contributed by atoms with Crippen molar-refractivity contribution in [2.75, 3.05) is 31.1 Å². The third-order valence-electron chi connectivity index (χ3n) is 5.16. The quantitative estimate of drug-likeness (QED) is 0.244. The van der Waals surface area contributed by atoms with Crippen molar-refractivity contribution in [2.45, 2.75) is 46.1 Å². The maximum absolute atomic E-state index is 14.0. The lowest BCUT2D eigenvalue weighted by Gasteiger charge is -2.21. The van der Waals surface area contributed by atoms with E-state index in [4.69, 9.17) is 4.52 Å². The van der Waals surface area contributed by atoms with Gasteiger partial charge in [-0.25, -0.2) is 8.78 Å². The third-order valence-corrected chi connectivity index (χ3v) is 5.16. The highest BCUT2D eigenvalue weighted by Gasteiger charge is 2.27. The van der Waals surface area contributed by atoms with Crippen molar-refractivity contribution in [3.63, 3.8) is 0 Å². The van der Waals surface area contributed by atoms with Crippen LogP contribution in [0.2, 0.25) is 0 Å². The summed E-state index contributed by atoms with van der Waals surface area (Å²) in [4.78, 5) is 6.40. The van der Waals surface area contributed by atoms with Gasteiger partial charge in [-0.1, -0.05) is 11.2 Å². The van der Waals surface area contributed by atoms with Gasteiger partial charge in [-0.15, -0.1) is 24.0 Å². The van der Waals surface area contributed by atoms with Crippen molar-refractivity contribution >= 4 is 35.6 Å². The molecule has 1 aliphatic rings.